The minimum absolute atomic E-state index is 0.212. The highest BCUT2D eigenvalue weighted by atomic mass is 16.1. The summed E-state index contributed by atoms with van der Waals surface area (Å²) >= 11 is 0. The molecule has 1 aliphatic heterocycles. The van der Waals surface area contributed by atoms with Crippen molar-refractivity contribution in [1.29, 1.82) is 0 Å². The average molecular weight is 212 g/mol. The van der Waals surface area contributed by atoms with Gasteiger partial charge in [0, 0.05) is 12.6 Å². The molecule has 1 unspecified atom stereocenters. The van der Waals surface area contributed by atoms with E-state index in [0.717, 1.165) is 32.5 Å². The largest absolute Gasteiger partial charge is 0.314 e. The normalized spacial score (nSPS) is 22.5. The molecular formula is C12H24N2O. The molecular weight excluding hydrogens is 188 g/mol. The first-order valence-corrected chi connectivity index (χ1v) is 6.09. The van der Waals surface area contributed by atoms with Gasteiger partial charge in [-0.25, -0.2) is 0 Å². The summed E-state index contributed by atoms with van der Waals surface area (Å²) in [6, 6.07) is 0.774. The van der Waals surface area contributed by atoms with Crippen LogP contribution in [0.3, 0.4) is 0 Å². The lowest BCUT2D eigenvalue weighted by molar-refractivity contribution is -0.121. The lowest BCUT2D eigenvalue weighted by Crippen LogP contribution is -2.37. The first-order chi connectivity index (χ1) is 7.11. The van der Waals surface area contributed by atoms with E-state index in [9.17, 15) is 4.79 Å². The Morgan fingerprint density at radius 1 is 1.53 bits per heavy atom. The lowest BCUT2D eigenvalue weighted by atomic mass is 10.1. The summed E-state index contributed by atoms with van der Waals surface area (Å²) in [6.07, 6.45) is 3.39. The van der Waals surface area contributed by atoms with Crippen molar-refractivity contribution in [3.8, 4) is 0 Å². The van der Waals surface area contributed by atoms with Crippen molar-refractivity contribution in [1.82, 2.24) is 10.2 Å². The van der Waals surface area contributed by atoms with Gasteiger partial charge in [0.15, 0.2) is 0 Å². The molecule has 3 heteroatoms. The summed E-state index contributed by atoms with van der Waals surface area (Å²) in [6.45, 7) is 9.26. The molecule has 1 N–H and O–H groups in total. The molecule has 0 bridgehead atoms. The molecule has 0 aromatic carbocycles. The van der Waals surface area contributed by atoms with Gasteiger partial charge in [0.2, 0.25) is 0 Å². The molecule has 3 nitrogen and oxygen atoms in total. The van der Waals surface area contributed by atoms with E-state index in [1.807, 2.05) is 0 Å². The van der Waals surface area contributed by atoms with Crippen LogP contribution in [0.4, 0.5) is 0 Å². The molecule has 1 heterocycles. The van der Waals surface area contributed by atoms with Gasteiger partial charge in [-0.1, -0.05) is 13.8 Å². The van der Waals surface area contributed by atoms with Crippen molar-refractivity contribution >= 4 is 5.78 Å². The van der Waals surface area contributed by atoms with E-state index in [4.69, 9.17) is 0 Å². The molecule has 1 fully saturated rings. The Morgan fingerprint density at radius 3 is 2.87 bits per heavy atom. The quantitative estimate of drug-likeness (QED) is 0.676. The zero-order valence-electron chi connectivity index (χ0n) is 10.3. The van der Waals surface area contributed by atoms with Gasteiger partial charge in [-0.05, 0) is 39.3 Å². The zero-order chi connectivity index (χ0) is 11.3. The van der Waals surface area contributed by atoms with E-state index < -0.39 is 0 Å². The van der Waals surface area contributed by atoms with Crippen LogP contribution in [-0.4, -0.2) is 42.4 Å². The van der Waals surface area contributed by atoms with Crippen molar-refractivity contribution in [2.45, 2.75) is 52.1 Å². The molecule has 0 amide bonds. The number of hydrogen-bond donors (Lipinski definition) is 1. The smallest absolute Gasteiger partial charge is 0.146 e. The number of rotatable bonds is 6. The fraction of sp³-hybridized carbons (Fsp3) is 0.917. The number of ketones is 1. The molecule has 1 rings (SSSR count). The third kappa shape index (κ3) is 4.31. The van der Waals surface area contributed by atoms with Crippen LogP contribution in [0, 0.1) is 0 Å². The molecule has 0 saturated carbocycles. The number of nitrogens with zero attached hydrogens (tertiary/aromatic N) is 1. The zero-order valence-corrected chi connectivity index (χ0v) is 10.3. The maximum atomic E-state index is 11.3. The number of nitrogens with one attached hydrogen (secondary N) is 1. The highest BCUT2D eigenvalue weighted by molar-refractivity contribution is 5.81. The van der Waals surface area contributed by atoms with Crippen LogP contribution < -0.4 is 5.32 Å². The summed E-state index contributed by atoms with van der Waals surface area (Å²) in [4.78, 5) is 13.7. The van der Waals surface area contributed by atoms with E-state index in [1.54, 1.807) is 6.92 Å². The van der Waals surface area contributed by atoms with E-state index in [2.05, 4.69) is 24.1 Å². The minimum atomic E-state index is 0.212. The fourth-order valence-electron chi connectivity index (χ4n) is 2.23. The van der Waals surface area contributed by atoms with E-state index >= 15 is 0 Å². The fourth-order valence-corrected chi connectivity index (χ4v) is 2.23. The third-order valence-corrected chi connectivity index (χ3v) is 3.01. The predicted molar refractivity (Wildman–Crippen MR) is 63.0 cm³/mol. The molecule has 0 aromatic rings. The van der Waals surface area contributed by atoms with Crippen molar-refractivity contribution in [2.75, 3.05) is 19.6 Å². The van der Waals surface area contributed by atoms with Crippen molar-refractivity contribution < 1.29 is 4.79 Å². The Bertz CT molecular complexity index is 204. The molecule has 88 valence electrons. The minimum Gasteiger partial charge on any atom is -0.314 e. The van der Waals surface area contributed by atoms with E-state index in [1.165, 1.54) is 6.42 Å². The van der Waals surface area contributed by atoms with E-state index in [-0.39, 0.29) is 6.04 Å². The van der Waals surface area contributed by atoms with Crippen molar-refractivity contribution in [3.05, 3.63) is 0 Å². The van der Waals surface area contributed by atoms with Gasteiger partial charge in [0.05, 0.1) is 6.04 Å². The highest BCUT2D eigenvalue weighted by Crippen LogP contribution is 2.17. The van der Waals surface area contributed by atoms with Crippen LogP contribution in [0.5, 0.6) is 0 Å². The van der Waals surface area contributed by atoms with Gasteiger partial charge in [0.1, 0.15) is 5.78 Å². The van der Waals surface area contributed by atoms with Gasteiger partial charge in [-0.15, -0.1) is 0 Å². The second-order valence-corrected chi connectivity index (χ2v) is 4.77. The van der Waals surface area contributed by atoms with Crippen molar-refractivity contribution in [2.24, 2.45) is 0 Å². The Kier molecular flexibility index (Phi) is 5.26. The first-order valence-electron chi connectivity index (χ1n) is 6.09. The first kappa shape index (κ1) is 12.7. The summed E-state index contributed by atoms with van der Waals surface area (Å²) in [7, 11) is 0. The average Bonchev–Trinajstić information content (AvgIpc) is 2.60. The third-order valence-electron chi connectivity index (χ3n) is 3.01. The number of likely N-dealkylation sites (tertiary alicyclic amines) is 1. The molecule has 1 atom stereocenters. The maximum Gasteiger partial charge on any atom is 0.146 e. The molecule has 1 aliphatic rings. The molecule has 15 heavy (non-hydrogen) atoms. The van der Waals surface area contributed by atoms with Gasteiger partial charge in [-0.3, -0.25) is 9.69 Å². The Hall–Kier alpha value is -0.410. The molecule has 1 saturated heterocycles. The van der Waals surface area contributed by atoms with Crippen LogP contribution in [-0.2, 0) is 4.79 Å². The number of Topliss-reactive ketones (excluding diaryl/α,β-unsaturated/α-hetero) is 1. The Morgan fingerprint density at radius 2 is 2.27 bits per heavy atom. The summed E-state index contributed by atoms with van der Waals surface area (Å²) in [5.41, 5.74) is 0. The number of hydrogen-bond acceptors (Lipinski definition) is 3. The molecule has 0 spiro atoms. The Labute approximate surface area is 93.2 Å². The van der Waals surface area contributed by atoms with Gasteiger partial charge < -0.3 is 5.32 Å². The van der Waals surface area contributed by atoms with Gasteiger partial charge >= 0.3 is 0 Å². The van der Waals surface area contributed by atoms with Crippen LogP contribution in [0.1, 0.15) is 40.0 Å². The van der Waals surface area contributed by atoms with Crippen LogP contribution >= 0.6 is 0 Å². The van der Waals surface area contributed by atoms with Gasteiger partial charge in [0.25, 0.3) is 0 Å². The predicted octanol–water partition coefficient (Wildman–Crippen LogP) is 1.43. The maximum absolute atomic E-state index is 11.3. The van der Waals surface area contributed by atoms with Crippen LogP contribution in [0.25, 0.3) is 0 Å². The lowest BCUT2D eigenvalue weighted by Gasteiger charge is -2.22. The van der Waals surface area contributed by atoms with Crippen molar-refractivity contribution in [3.63, 3.8) is 0 Å². The van der Waals surface area contributed by atoms with E-state index in [0.29, 0.717) is 11.8 Å². The number of carbonyl (C=O) groups excluding carboxylic acids is 1. The second kappa shape index (κ2) is 6.23. The van der Waals surface area contributed by atoms with Crippen LogP contribution in [0.2, 0.25) is 0 Å². The molecule has 0 aromatic heterocycles. The standard InChI is InChI=1S/C12H24N2O/c1-10(2)13-7-5-9-14-8-4-6-12(14)11(3)15/h10,12-13H,4-9H2,1-3H3. The molecule has 0 radical (unpaired) electrons. The monoisotopic (exact) mass is 212 g/mol. The summed E-state index contributed by atoms with van der Waals surface area (Å²) < 4.78 is 0. The SMILES string of the molecule is CC(=O)C1CCCN1CCCNC(C)C. The molecule has 0 aliphatic carbocycles. The van der Waals surface area contributed by atoms with Crippen LogP contribution in [0.15, 0.2) is 0 Å². The topological polar surface area (TPSA) is 32.3 Å². The van der Waals surface area contributed by atoms with Gasteiger partial charge in [-0.2, -0.15) is 0 Å². The summed E-state index contributed by atoms with van der Waals surface area (Å²) in [5.74, 6) is 0.337. The number of carbonyl (C=O) groups is 1. The summed E-state index contributed by atoms with van der Waals surface area (Å²) in [5, 5.41) is 3.40. The Balaban J connectivity index is 2.17. The second-order valence-electron chi connectivity index (χ2n) is 4.77. The highest BCUT2D eigenvalue weighted by Gasteiger charge is 2.26.